The molecule has 2 rings (SSSR count). The average molecular weight is 298 g/mol. The smallest absolute Gasteiger partial charge is 0.319 e. The molecule has 0 saturated heterocycles. The number of anilines is 1. The number of amides is 2. The van der Waals surface area contributed by atoms with E-state index in [9.17, 15) is 4.79 Å². The third kappa shape index (κ3) is 4.25. The standard InChI is InChI=1S/C18H22N2O2/c1-4-14-8-10-15(11-9-14)13(2)19-18(21)20-16-6-5-7-17(12-16)22-3/h5-13H,4H2,1-3H3,(H2,19,20,21)/t13-/m0/s1. The molecule has 0 unspecified atom stereocenters. The van der Waals surface area contributed by atoms with Gasteiger partial charge >= 0.3 is 6.03 Å². The van der Waals surface area contributed by atoms with Gasteiger partial charge in [-0.05, 0) is 36.6 Å². The number of hydrogen-bond donors (Lipinski definition) is 2. The molecule has 0 aliphatic heterocycles. The van der Waals surface area contributed by atoms with E-state index in [0.717, 1.165) is 12.0 Å². The second kappa shape index (κ2) is 7.50. The third-order valence-electron chi connectivity index (χ3n) is 3.56. The lowest BCUT2D eigenvalue weighted by Gasteiger charge is -2.15. The summed E-state index contributed by atoms with van der Waals surface area (Å²) in [4.78, 5) is 12.1. The van der Waals surface area contributed by atoms with Crippen molar-refractivity contribution in [2.45, 2.75) is 26.3 Å². The van der Waals surface area contributed by atoms with Crippen molar-refractivity contribution in [2.24, 2.45) is 0 Å². The summed E-state index contributed by atoms with van der Waals surface area (Å²) in [5.41, 5.74) is 3.07. The summed E-state index contributed by atoms with van der Waals surface area (Å²) >= 11 is 0. The van der Waals surface area contributed by atoms with Gasteiger partial charge in [0.05, 0.1) is 13.2 Å². The fourth-order valence-electron chi connectivity index (χ4n) is 2.19. The molecule has 4 heteroatoms. The van der Waals surface area contributed by atoms with Crippen LogP contribution in [0.1, 0.15) is 31.0 Å². The lowest BCUT2D eigenvalue weighted by Crippen LogP contribution is -2.31. The van der Waals surface area contributed by atoms with Gasteiger partial charge in [0, 0.05) is 11.8 Å². The van der Waals surface area contributed by atoms with Crippen molar-refractivity contribution >= 4 is 11.7 Å². The van der Waals surface area contributed by atoms with E-state index in [1.165, 1.54) is 5.56 Å². The zero-order valence-electron chi connectivity index (χ0n) is 13.2. The Bertz CT molecular complexity index is 623. The van der Waals surface area contributed by atoms with Crippen LogP contribution in [-0.4, -0.2) is 13.1 Å². The van der Waals surface area contributed by atoms with Gasteiger partial charge in [-0.1, -0.05) is 37.3 Å². The second-order valence-corrected chi connectivity index (χ2v) is 5.15. The van der Waals surface area contributed by atoms with E-state index in [1.807, 2.05) is 25.1 Å². The van der Waals surface area contributed by atoms with Crippen LogP contribution < -0.4 is 15.4 Å². The Morgan fingerprint density at radius 3 is 2.55 bits per heavy atom. The lowest BCUT2D eigenvalue weighted by molar-refractivity contribution is 0.249. The number of carbonyl (C=O) groups excluding carboxylic acids is 1. The van der Waals surface area contributed by atoms with Crippen LogP contribution in [0.2, 0.25) is 0 Å². The number of aryl methyl sites for hydroxylation is 1. The minimum atomic E-state index is -0.236. The summed E-state index contributed by atoms with van der Waals surface area (Å²) in [7, 11) is 1.60. The van der Waals surface area contributed by atoms with Gasteiger partial charge in [-0.2, -0.15) is 0 Å². The maximum Gasteiger partial charge on any atom is 0.319 e. The molecule has 116 valence electrons. The first-order valence-electron chi connectivity index (χ1n) is 7.42. The van der Waals surface area contributed by atoms with E-state index >= 15 is 0 Å². The molecule has 0 aromatic heterocycles. The zero-order chi connectivity index (χ0) is 15.9. The van der Waals surface area contributed by atoms with Crippen LogP contribution in [0.25, 0.3) is 0 Å². The number of methoxy groups -OCH3 is 1. The third-order valence-corrected chi connectivity index (χ3v) is 3.56. The van der Waals surface area contributed by atoms with Crippen molar-refractivity contribution in [3.63, 3.8) is 0 Å². The number of carbonyl (C=O) groups is 1. The molecule has 0 spiro atoms. The monoisotopic (exact) mass is 298 g/mol. The molecule has 0 saturated carbocycles. The highest BCUT2D eigenvalue weighted by molar-refractivity contribution is 5.89. The molecule has 2 N–H and O–H groups in total. The summed E-state index contributed by atoms with van der Waals surface area (Å²) in [6.45, 7) is 4.09. The minimum absolute atomic E-state index is 0.0588. The molecule has 0 bridgehead atoms. The van der Waals surface area contributed by atoms with Crippen molar-refractivity contribution < 1.29 is 9.53 Å². The van der Waals surface area contributed by atoms with Crippen LogP contribution in [0.5, 0.6) is 5.75 Å². The first kappa shape index (κ1) is 15.9. The van der Waals surface area contributed by atoms with E-state index < -0.39 is 0 Å². The van der Waals surface area contributed by atoms with Gasteiger partial charge in [-0.15, -0.1) is 0 Å². The Hall–Kier alpha value is -2.49. The van der Waals surface area contributed by atoms with Gasteiger partial charge in [0.2, 0.25) is 0 Å². The lowest BCUT2D eigenvalue weighted by atomic mass is 10.1. The van der Waals surface area contributed by atoms with Crippen LogP contribution in [0, 0.1) is 0 Å². The number of ether oxygens (including phenoxy) is 1. The van der Waals surface area contributed by atoms with Crippen LogP contribution in [-0.2, 0) is 6.42 Å². The molecule has 0 aliphatic rings. The van der Waals surface area contributed by atoms with E-state index in [-0.39, 0.29) is 12.1 Å². The van der Waals surface area contributed by atoms with Gasteiger partial charge in [0.15, 0.2) is 0 Å². The minimum Gasteiger partial charge on any atom is -0.497 e. The van der Waals surface area contributed by atoms with E-state index in [0.29, 0.717) is 11.4 Å². The summed E-state index contributed by atoms with van der Waals surface area (Å²) in [6.07, 6.45) is 1.01. The summed E-state index contributed by atoms with van der Waals surface area (Å²) in [6, 6.07) is 15.3. The molecule has 0 aliphatic carbocycles. The van der Waals surface area contributed by atoms with Crippen molar-refractivity contribution in [2.75, 3.05) is 12.4 Å². The number of benzene rings is 2. The van der Waals surface area contributed by atoms with Crippen LogP contribution >= 0.6 is 0 Å². The molecule has 0 heterocycles. The maximum absolute atomic E-state index is 12.1. The Morgan fingerprint density at radius 2 is 1.91 bits per heavy atom. The highest BCUT2D eigenvalue weighted by atomic mass is 16.5. The molecule has 0 radical (unpaired) electrons. The Morgan fingerprint density at radius 1 is 1.18 bits per heavy atom. The zero-order valence-corrected chi connectivity index (χ0v) is 13.2. The fraction of sp³-hybridized carbons (Fsp3) is 0.278. The maximum atomic E-state index is 12.1. The first-order valence-corrected chi connectivity index (χ1v) is 7.42. The molecular formula is C18H22N2O2. The molecule has 0 fully saturated rings. The normalized spacial score (nSPS) is 11.6. The molecule has 4 nitrogen and oxygen atoms in total. The Kier molecular flexibility index (Phi) is 5.42. The van der Waals surface area contributed by atoms with E-state index in [2.05, 4.69) is 41.8 Å². The van der Waals surface area contributed by atoms with Crippen molar-refractivity contribution in [3.8, 4) is 5.75 Å². The molecule has 1 atom stereocenters. The quantitative estimate of drug-likeness (QED) is 0.871. The summed E-state index contributed by atoms with van der Waals surface area (Å²) in [5, 5.41) is 5.74. The first-order chi connectivity index (χ1) is 10.6. The summed E-state index contributed by atoms with van der Waals surface area (Å²) < 4.78 is 5.14. The van der Waals surface area contributed by atoms with E-state index in [4.69, 9.17) is 4.74 Å². The van der Waals surface area contributed by atoms with Crippen molar-refractivity contribution in [3.05, 3.63) is 59.7 Å². The Balaban J connectivity index is 1.95. The largest absolute Gasteiger partial charge is 0.497 e. The highest BCUT2D eigenvalue weighted by Crippen LogP contribution is 2.17. The molecule has 2 amide bonds. The summed E-state index contributed by atoms with van der Waals surface area (Å²) in [5.74, 6) is 0.709. The number of rotatable bonds is 5. The second-order valence-electron chi connectivity index (χ2n) is 5.15. The predicted molar refractivity (Wildman–Crippen MR) is 89.4 cm³/mol. The molecule has 2 aromatic rings. The number of nitrogens with one attached hydrogen (secondary N) is 2. The van der Waals surface area contributed by atoms with Gasteiger partial charge < -0.3 is 15.4 Å². The van der Waals surface area contributed by atoms with Gasteiger partial charge in [0.25, 0.3) is 0 Å². The molecule has 2 aromatic carbocycles. The van der Waals surface area contributed by atoms with Crippen LogP contribution in [0.4, 0.5) is 10.5 Å². The van der Waals surface area contributed by atoms with Crippen LogP contribution in [0.3, 0.4) is 0 Å². The Labute approximate surface area is 131 Å². The molecular weight excluding hydrogens is 276 g/mol. The molecule has 22 heavy (non-hydrogen) atoms. The number of hydrogen-bond acceptors (Lipinski definition) is 2. The number of urea groups is 1. The van der Waals surface area contributed by atoms with Gasteiger partial charge in [0.1, 0.15) is 5.75 Å². The SMILES string of the molecule is CCc1ccc([C@H](C)NC(=O)Nc2cccc(OC)c2)cc1. The average Bonchev–Trinajstić information content (AvgIpc) is 2.55. The van der Waals surface area contributed by atoms with Gasteiger partial charge in [-0.25, -0.2) is 4.79 Å². The fourth-order valence-corrected chi connectivity index (χ4v) is 2.19. The predicted octanol–water partition coefficient (Wildman–Crippen LogP) is 4.14. The van der Waals surface area contributed by atoms with E-state index in [1.54, 1.807) is 13.2 Å². The van der Waals surface area contributed by atoms with Crippen LogP contribution in [0.15, 0.2) is 48.5 Å². The highest BCUT2D eigenvalue weighted by Gasteiger charge is 2.09. The topological polar surface area (TPSA) is 50.4 Å². The van der Waals surface area contributed by atoms with Gasteiger partial charge in [-0.3, -0.25) is 0 Å². The van der Waals surface area contributed by atoms with Crippen molar-refractivity contribution in [1.29, 1.82) is 0 Å². The van der Waals surface area contributed by atoms with Crippen molar-refractivity contribution in [1.82, 2.24) is 5.32 Å².